The zero-order valence-electron chi connectivity index (χ0n) is 27.4. The maximum absolute atomic E-state index is 16.6. The molecule has 47 heavy (non-hydrogen) atoms. The summed E-state index contributed by atoms with van der Waals surface area (Å²) >= 11 is 0. The second-order valence-electron chi connectivity index (χ2n) is 14.0. The van der Waals surface area contributed by atoms with Crippen LogP contribution < -0.4 is 25.6 Å². The van der Waals surface area contributed by atoms with Crippen LogP contribution >= 0.6 is 0 Å². The maximum atomic E-state index is 16.6. The van der Waals surface area contributed by atoms with E-state index < -0.39 is 35.2 Å². The number of anilines is 3. The van der Waals surface area contributed by atoms with E-state index in [1.807, 2.05) is 0 Å². The molecule has 6 rings (SSSR count). The Hall–Kier alpha value is -4.72. The molecule has 3 N–H and O–H groups in total. The smallest absolute Gasteiger partial charge is 0.415 e. The molecule has 2 fully saturated rings. The summed E-state index contributed by atoms with van der Waals surface area (Å²) in [5.41, 5.74) is -0.463. The van der Waals surface area contributed by atoms with E-state index in [1.54, 1.807) is 60.6 Å². The SMILES string of the molecule is Cc1c(-c2cc3cc(NC(=O)NC4[C@H]5COC[C@@H]45)ncc3c(NC(=O)OC(C)(C)C)c2F)cnc2c1N(C(=O)OC(C)(C)C)CCO2. The molecule has 2 aromatic heterocycles. The molecule has 250 valence electrons. The van der Waals surface area contributed by atoms with Crippen LogP contribution in [0, 0.1) is 24.6 Å². The first-order chi connectivity index (χ1) is 22.1. The second kappa shape index (κ2) is 11.8. The summed E-state index contributed by atoms with van der Waals surface area (Å²) in [5.74, 6) is 0.314. The summed E-state index contributed by atoms with van der Waals surface area (Å²) in [5, 5.41) is 9.01. The number of carbonyl (C=O) groups is 3. The van der Waals surface area contributed by atoms with Gasteiger partial charge in [0.2, 0.25) is 5.88 Å². The topological polar surface area (TPSA) is 153 Å². The molecule has 1 unspecified atom stereocenters. The van der Waals surface area contributed by atoms with E-state index >= 15 is 4.39 Å². The summed E-state index contributed by atoms with van der Waals surface area (Å²) in [7, 11) is 0. The van der Waals surface area contributed by atoms with Gasteiger partial charge in [0.05, 0.1) is 25.4 Å². The molecule has 1 aromatic carbocycles. The van der Waals surface area contributed by atoms with Gasteiger partial charge in [0.15, 0.2) is 5.82 Å². The molecule has 1 aliphatic carbocycles. The highest BCUT2D eigenvalue weighted by molar-refractivity contribution is 6.05. The lowest BCUT2D eigenvalue weighted by molar-refractivity contribution is 0.0564. The molecule has 3 aliphatic rings. The molecule has 0 bridgehead atoms. The molecule has 0 radical (unpaired) electrons. The fourth-order valence-corrected chi connectivity index (χ4v) is 5.93. The number of aromatic nitrogens is 2. The molecule has 3 aromatic rings. The molecule has 14 heteroatoms. The summed E-state index contributed by atoms with van der Waals surface area (Å²) in [4.78, 5) is 49.0. The molecule has 1 saturated heterocycles. The van der Waals surface area contributed by atoms with E-state index in [-0.39, 0.29) is 47.5 Å². The molecule has 4 heterocycles. The van der Waals surface area contributed by atoms with E-state index in [2.05, 4.69) is 25.9 Å². The molecule has 4 amide bonds. The molecular weight excluding hydrogens is 611 g/mol. The number of urea groups is 1. The second-order valence-corrected chi connectivity index (χ2v) is 14.0. The minimum Gasteiger partial charge on any atom is -0.474 e. The van der Waals surface area contributed by atoms with E-state index in [4.69, 9.17) is 18.9 Å². The van der Waals surface area contributed by atoms with Crippen molar-refractivity contribution in [2.45, 2.75) is 65.7 Å². The Balaban J connectivity index is 1.40. The highest BCUT2D eigenvalue weighted by Crippen LogP contribution is 2.45. The first-order valence-corrected chi connectivity index (χ1v) is 15.5. The van der Waals surface area contributed by atoms with Crippen LogP contribution in [-0.4, -0.2) is 71.8 Å². The van der Waals surface area contributed by atoms with Gasteiger partial charge in [-0.15, -0.1) is 0 Å². The monoisotopic (exact) mass is 650 g/mol. The summed E-state index contributed by atoms with van der Waals surface area (Å²) in [6, 6.07) is 2.81. The minimum atomic E-state index is -0.861. The largest absolute Gasteiger partial charge is 0.474 e. The Labute approximate surface area is 271 Å². The van der Waals surface area contributed by atoms with Crippen LogP contribution in [0.3, 0.4) is 0 Å². The Morgan fingerprint density at radius 3 is 2.34 bits per heavy atom. The number of hydrogen-bond donors (Lipinski definition) is 3. The number of nitrogens with zero attached hydrogens (tertiary/aromatic N) is 3. The van der Waals surface area contributed by atoms with Gasteiger partial charge < -0.3 is 24.3 Å². The average Bonchev–Trinajstić information content (AvgIpc) is 3.36. The normalized spacial score (nSPS) is 20.1. The summed E-state index contributed by atoms with van der Waals surface area (Å²) < 4.78 is 38.8. The predicted octanol–water partition coefficient (Wildman–Crippen LogP) is 5.99. The average molecular weight is 651 g/mol. The Morgan fingerprint density at radius 1 is 0.957 bits per heavy atom. The number of hydrogen-bond acceptors (Lipinski definition) is 9. The van der Waals surface area contributed by atoms with Gasteiger partial charge in [-0.1, -0.05) is 0 Å². The Bertz CT molecular complexity index is 1760. The first-order valence-electron chi connectivity index (χ1n) is 15.5. The van der Waals surface area contributed by atoms with E-state index in [1.165, 1.54) is 17.3 Å². The number of benzene rings is 1. The highest BCUT2D eigenvalue weighted by Gasteiger charge is 2.54. The number of amides is 4. The van der Waals surface area contributed by atoms with Crippen LogP contribution in [0.1, 0.15) is 47.1 Å². The van der Waals surface area contributed by atoms with Crippen LogP contribution in [-0.2, 0) is 14.2 Å². The molecule has 1 saturated carbocycles. The van der Waals surface area contributed by atoms with Crippen molar-refractivity contribution in [2.75, 3.05) is 41.9 Å². The van der Waals surface area contributed by atoms with Gasteiger partial charge >= 0.3 is 18.2 Å². The number of halogens is 1. The standard InChI is InChI=1S/C33H39FN6O7/c1-16-19(12-36-28-27(16)40(8-9-45-28)31(43)47-33(5,6)7)18-10-17-11-23(37-29(41)38-25-21-14-44-15-22(21)25)35-13-20(17)26(24(18)34)39-30(42)46-32(2,3)4/h10-13,21-22,25H,8-9,14-15H2,1-7H3,(H,39,42)(H2,35,37,38,41)/t21-,22+,25?. The maximum Gasteiger partial charge on any atom is 0.415 e. The van der Waals surface area contributed by atoms with Crippen LogP contribution in [0.25, 0.3) is 21.9 Å². The third-order valence-corrected chi connectivity index (χ3v) is 8.08. The van der Waals surface area contributed by atoms with E-state index in [9.17, 15) is 14.4 Å². The lowest BCUT2D eigenvalue weighted by Crippen LogP contribution is -2.42. The summed E-state index contributed by atoms with van der Waals surface area (Å²) in [6.07, 6.45) is 1.39. The lowest BCUT2D eigenvalue weighted by atomic mass is 9.96. The van der Waals surface area contributed by atoms with Gasteiger partial charge in [0.25, 0.3) is 0 Å². The zero-order chi connectivity index (χ0) is 33.8. The fourth-order valence-electron chi connectivity index (χ4n) is 5.93. The van der Waals surface area contributed by atoms with Crippen molar-refractivity contribution in [1.82, 2.24) is 15.3 Å². The van der Waals surface area contributed by atoms with Gasteiger partial charge in [-0.25, -0.2) is 28.7 Å². The van der Waals surface area contributed by atoms with Crippen molar-refractivity contribution >= 4 is 46.2 Å². The number of fused-ring (bicyclic) bond motifs is 3. The quantitative estimate of drug-likeness (QED) is 0.309. The number of nitrogens with one attached hydrogen (secondary N) is 3. The van der Waals surface area contributed by atoms with Crippen LogP contribution in [0.4, 0.5) is 36.0 Å². The van der Waals surface area contributed by atoms with Crippen molar-refractivity contribution in [1.29, 1.82) is 0 Å². The predicted molar refractivity (Wildman–Crippen MR) is 172 cm³/mol. The van der Waals surface area contributed by atoms with Crippen molar-refractivity contribution in [3.8, 4) is 17.0 Å². The van der Waals surface area contributed by atoms with Gasteiger partial charge in [-0.05, 0) is 71.5 Å². The highest BCUT2D eigenvalue weighted by atomic mass is 19.1. The van der Waals surface area contributed by atoms with Crippen molar-refractivity contribution < 1.29 is 37.7 Å². The number of pyridine rings is 2. The van der Waals surface area contributed by atoms with Crippen LogP contribution in [0.2, 0.25) is 0 Å². The van der Waals surface area contributed by atoms with Gasteiger partial charge in [0.1, 0.15) is 29.3 Å². The Morgan fingerprint density at radius 2 is 1.66 bits per heavy atom. The third kappa shape index (κ3) is 6.73. The zero-order valence-corrected chi connectivity index (χ0v) is 27.4. The van der Waals surface area contributed by atoms with Crippen LogP contribution in [0.5, 0.6) is 5.88 Å². The number of carbonyl (C=O) groups excluding carboxylic acids is 3. The van der Waals surface area contributed by atoms with Gasteiger partial charge in [-0.2, -0.15) is 0 Å². The fraction of sp³-hybridized carbons (Fsp3) is 0.485. The Kier molecular flexibility index (Phi) is 8.10. The lowest BCUT2D eigenvalue weighted by Gasteiger charge is -2.32. The van der Waals surface area contributed by atoms with Gasteiger partial charge in [0, 0.05) is 46.8 Å². The van der Waals surface area contributed by atoms with Crippen molar-refractivity contribution in [3.63, 3.8) is 0 Å². The molecule has 0 spiro atoms. The molecule has 13 nitrogen and oxygen atoms in total. The summed E-state index contributed by atoms with van der Waals surface area (Å²) in [6.45, 7) is 13.8. The van der Waals surface area contributed by atoms with Crippen molar-refractivity contribution in [3.05, 3.63) is 35.9 Å². The van der Waals surface area contributed by atoms with Crippen molar-refractivity contribution in [2.24, 2.45) is 11.8 Å². The number of rotatable bonds is 4. The van der Waals surface area contributed by atoms with E-state index in [0.717, 1.165) is 0 Å². The molecular formula is C33H39FN6O7. The van der Waals surface area contributed by atoms with Gasteiger partial charge in [-0.3, -0.25) is 15.5 Å². The molecule has 3 atom stereocenters. The third-order valence-electron chi connectivity index (χ3n) is 8.08. The van der Waals surface area contributed by atoms with E-state index in [0.29, 0.717) is 47.3 Å². The number of ether oxygens (including phenoxy) is 4. The molecule has 2 aliphatic heterocycles. The van der Waals surface area contributed by atoms with Crippen LogP contribution in [0.15, 0.2) is 24.5 Å². The first kappa shape index (κ1) is 32.2. The minimum absolute atomic E-state index is 0.0539.